The highest BCUT2D eigenvalue weighted by Gasteiger charge is 2.24. The van der Waals surface area contributed by atoms with Crippen molar-refractivity contribution in [2.45, 2.75) is 12.6 Å². The zero-order chi connectivity index (χ0) is 10.4. The highest BCUT2D eigenvalue weighted by Crippen LogP contribution is 2.21. The predicted octanol–water partition coefficient (Wildman–Crippen LogP) is 0.461. The molecule has 1 aliphatic heterocycles. The Morgan fingerprint density at radius 1 is 1.60 bits per heavy atom. The average Bonchev–Trinajstić information content (AvgIpc) is 2.89. The van der Waals surface area contributed by atoms with Gasteiger partial charge < -0.3 is 15.0 Å². The number of anilines is 1. The van der Waals surface area contributed by atoms with Gasteiger partial charge in [-0.25, -0.2) is 4.98 Å². The number of nitrogens with zero attached hydrogens (tertiary/aromatic N) is 4. The molecule has 0 aromatic carbocycles. The molecule has 1 unspecified atom stereocenters. The molecule has 0 amide bonds. The summed E-state index contributed by atoms with van der Waals surface area (Å²) in [4.78, 5) is 12.1. The first-order valence-electron chi connectivity index (χ1n) is 4.49. The van der Waals surface area contributed by atoms with Crippen molar-refractivity contribution in [1.82, 2.24) is 19.5 Å². The van der Waals surface area contributed by atoms with Crippen LogP contribution in [0.15, 0.2) is 6.33 Å². The zero-order valence-electron chi connectivity index (χ0n) is 7.72. The monoisotopic (exact) mass is 225 g/mol. The number of imidazole rings is 1. The third kappa shape index (κ3) is 1.51. The standard InChI is InChI=1S/C8H8ClN5O/c9-6-5-7(13-8(10)12-6)14(3-11-5)1-4-2-15-4/h3-4H,1-2H2,(H2,10,12,13). The van der Waals surface area contributed by atoms with Gasteiger partial charge in [-0.15, -0.1) is 0 Å². The lowest BCUT2D eigenvalue weighted by Gasteiger charge is -2.00. The van der Waals surface area contributed by atoms with Gasteiger partial charge in [0, 0.05) is 0 Å². The SMILES string of the molecule is Nc1nc(Cl)c2ncn(CC3CO3)c2n1. The fraction of sp³-hybridized carbons (Fsp3) is 0.375. The molecule has 15 heavy (non-hydrogen) atoms. The summed E-state index contributed by atoms with van der Waals surface area (Å²) in [6.07, 6.45) is 1.93. The number of fused-ring (bicyclic) bond motifs is 1. The molecule has 7 heteroatoms. The third-order valence-electron chi connectivity index (χ3n) is 2.24. The Morgan fingerprint density at radius 2 is 2.40 bits per heavy atom. The lowest BCUT2D eigenvalue weighted by molar-refractivity contribution is 0.384. The molecule has 0 radical (unpaired) electrons. The Hall–Kier alpha value is -1.40. The zero-order valence-corrected chi connectivity index (χ0v) is 8.48. The van der Waals surface area contributed by atoms with Gasteiger partial charge in [0.25, 0.3) is 0 Å². The van der Waals surface area contributed by atoms with Crippen molar-refractivity contribution in [2.75, 3.05) is 12.3 Å². The fourth-order valence-electron chi connectivity index (χ4n) is 1.45. The van der Waals surface area contributed by atoms with E-state index in [0.717, 1.165) is 13.2 Å². The van der Waals surface area contributed by atoms with E-state index in [1.165, 1.54) is 0 Å². The van der Waals surface area contributed by atoms with Crippen molar-refractivity contribution in [3.8, 4) is 0 Å². The molecule has 2 aromatic rings. The second-order valence-electron chi connectivity index (χ2n) is 3.40. The number of halogens is 1. The van der Waals surface area contributed by atoms with Gasteiger partial charge in [0.15, 0.2) is 10.8 Å². The molecule has 0 saturated carbocycles. The Labute approximate surface area is 90.0 Å². The van der Waals surface area contributed by atoms with Crippen molar-refractivity contribution in [2.24, 2.45) is 0 Å². The summed E-state index contributed by atoms with van der Waals surface area (Å²) in [5, 5.41) is 0.285. The van der Waals surface area contributed by atoms with E-state index in [1.54, 1.807) is 6.33 Å². The van der Waals surface area contributed by atoms with E-state index in [0.29, 0.717) is 11.2 Å². The average molecular weight is 226 g/mol. The summed E-state index contributed by atoms with van der Waals surface area (Å²) in [6.45, 7) is 1.51. The summed E-state index contributed by atoms with van der Waals surface area (Å²) in [5.41, 5.74) is 6.75. The number of nitrogens with two attached hydrogens (primary N) is 1. The van der Waals surface area contributed by atoms with Crippen LogP contribution in [0, 0.1) is 0 Å². The van der Waals surface area contributed by atoms with E-state index in [9.17, 15) is 0 Å². The van der Waals surface area contributed by atoms with Gasteiger partial charge in [-0.3, -0.25) is 0 Å². The summed E-state index contributed by atoms with van der Waals surface area (Å²) in [5.74, 6) is 0.158. The van der Waals surface area contributed by atoms with Crippen LogP contribution in [0.25, 0.3) is 11.2 Å². The van der Waals surface area contributed by atoms with Crippen LogP contribution in [-0.4, -0.2) is 32.2 Å². The topological polar surface area (TPSA) is 82.1 Å². The first-order chi connectivity index (χ1) is 7.24. The largest absolute Gasteiger partial charge is 0.371 e. The minimum Gasteiger partial charge on any atom is -0.371 e. The normalized spacial score (nSPS) is 19.7. The van der Waals surface area contributed by atoms with Crippen LogP contribution in [0.2, 0.25) is 5.15 Å². The summed E-state index contributed by atoms with van der Waals surface area (Å²) in [6, 6.07) is 0. The van der Waals surface area contributed by atoms with E-state index < -0.39 is 0 Å². The van der Waals surface area contributed by atoms with Gasteiger partial charge >= 0.3 is 0 Å². The van der Waals surface area contributed by atoms with Crippen LogP contribution >= 0.6 is 11.6 Å². The van der Waals surface area contributed by atoms with E-state index in [-0.39, 0.29) is 17.2 Å². The smallest absolute Gasteiger partial charge is 0.223 e. The van der Waals surface area contributed by atoms with Crippen LogP contribution in [0.1, 0.15) is 0 Å². The predicted molar refractivity (Wildman–Crippen MR) is 54.5 cm³/mol. The van der Waals surface area contributed by atoms with E-state index in [1.807, 2.05) is 4.57 Å². The Kier molecular flexibility index (Phi) is 1.80. The highest BCUT2D eigenvalue weighted by molar-refractivity contribution is 6.33. The molecule has 0 aliphatic carbocycles. The van der Waals surface area contributed by atoms with Crippen molar-refractivity contribution in [3.05, 3.63) is 11.5 Å². The van der Waals surface area contributed by atoms with Gasteiger partial charge in [0.2, 0.25) is 5.95 Å². The quantitative estimate of drug-likeness (QED) is 0.593. The molecular weight excluding hydrogens is 218 g/mol. The van der Waals surface area contributed by atoms with Gasteiger partial charge in [-0.05, 0) is 0 Å². The molecule has 1 saturated heterocycles. The van der Waals surface area contributed by atoms with Crippen LogP contribution in [0.5, 0.6) is 0 Å². The lowest BCUT2D eigenvalue weighted by atomic mass is 10.4. The number of hydrogen-bond acceptors (Lipinski definition) is 5. The van der Waals surface area contributed by atoms with Gasteiger partial charge in [0.1, 0.15) is 5.52 Å². The van der Waals surface area contributed by atoms with Gasteiger partial charge in [-0.1, -0.05) is 11.6 Å². The van der Waals surface area contributed by atoms with Crippen molar-refractivity contribution in [1.29, 1.82) is 0 Å². The minimum absolute atomic E-state index is 0.158. The molecule has 1 fully saturated rings. The Bertz CT molecular complexity index is 521. The molecule has 1 aliphatic rings. The Balaban J connectivity index is 2.14. The molecule has 2 N–H and O–H groups in total. The van der Waals surface area contributed by atoms with Crippen LogP contribution in [0.4, 0.5) is 5.95 Å². The fourth-order valence-corrected chi connectivity index (χ4v) is 1.67. The molecule has 1 atom stereocenters. The number of rotatable bonds is 2. The van der Waals surface area contributed by atoms with Crippen molar-refractivity contribution in [3.63, 3.8) is 0 Å². The minimum atomic E-state index is 0.158. The van der Waals surface area contributed by atoms with E-state index in [4.69, 9.17) is 22.1 Å². The first kappa shape index (κ1) is 8.87. The van der Waals surface area contributed by atoms with Crippen LogP contribution in [-0.2, 0) is 11.3 Å². The summed E-state index contributed by atoms with van der Waals surface area (Å²) in [7, 11) is 0. The number of ether oxygens (including phenoxy) is 1. The molecule has 6 nitrogen and oxygen atoms in total. The number of aromatic nitrogens is 4. The number of hydrogen-bond donors (Lipinski definition) is 1. The second kappa shape index (κ2) is 3.04. The molecule has 3 heterocycles. The van der Waals surface area contributed by atoms with Crippen LogP contribution < -0.4 is 5.73 Å². The molecule has 2 aromatic heterocycles. The maximum Gasteiger partial charge on any atom is 0.223 e. The molecule has 78 valence electrons. The van der Waals surface area contributed by atoms with Crippen molar-refractivity contribution >= 4 is 28.7 Å². The number of epoxide rings is 1. The number of nitrogen functional groups attached to an aromatic ring is 1. The lowest BCUT2D eigenvalue weighted by Crippen LogP contribution is -2.05. The summed E-state index contributed by atoms with van der Waals surface area (Å²) >= 11 is 5.89. The Morgan fingerprint density at radius 3 is 3.13 bits per heavy atom. The first-order valence-corrected chi connectivity index (χ1v) is 4.87. The van der Waals surface area contributed by atoms with Crippen molar-refractivity contribution < 1.29 is 4.74 Å². The molecule has 0 spiro atoms. The van der Waals surface area contributed by atoms with E-state index in [2.05, 4.69) is 15.0 Å². The maximum atomic E-state index is 5.89. The molecule has 0 bridgehead atoms. The van der Waals surface area contributed by atoms with Gasteiger partial charge in [-0.2, -0.15) is 9.97 Å². The van der Waals surface area contributed by atoms with Gasteiger partial charge in [0.05, 0.1) is 25.6 Å². The van der Waals surface area contributed by atoms with E-state index >= 15 is 0 Å². The maximum absolute atomic E-state index is 5.89. The molecular formula is C8H8ClN5O. The molecule has 3 rings (SSSR count). The second-order valence-corrected chi connectivity index (χ2v) is 3.76. The third-order valence-corrected chi connectivity index (χ3v) is 2.50. The summed E-state index contributed by atoms with van der Waals surface area (Å²) < 4.78 is 7.01. The van der Waals surface area contributed by atoms with Crippen LogP contribution in [0.3, 0.4) is 0 Å². The highest BCUT2D eigenvalue weighted by atomic mass is 35.5.